The second-order valence-electron chi connectivity index (χ2n) is 4.16. The van der Waals surface area contributed by atoms with Crippen molar-refractivity contribution < 1.29 is 9.67 Å². The maximum atomic E-state index is 8.98. The fraction of sp³-hybridized carbons (Fsp3) is 0.417. The fourth-order valence-electron chi connectivity index (χ4n) is 1.86. The van der Waals surface area contributed by atoms with Gasteiger partial charge in [0.2, 0.25) is 5.51 Å². The zero-order chi connectivity index (χ0) is 13.1. The number of nitrogens with zero attached hydrogens (tertiary/aromatic N) is 3. The van der Waals surface area contributed by atoms with Crippen LogP contribution in [-0.2, 0) is 13.0 Å². The van der Waals surface area contributed by atoms with E-state index in [1.165, 1.54) is 10.6 Å². The summed E-state index contributed by atoms with van der Waals surface area (Å²) in [5, 5.41) is 8.98. The lowest BCUT2D eigenvalue weighted by molar-refractivity contribution is -0.690. The third-order valence-electron chi connectivity index (χ3n) is 2.74. The van der Waals surface area contributed by atoms with Crippen LogP contribution in [-0.4, -0.2) is 21.7 Å². The van der Waals surface area contributed by atoms with E-state index in [9.17, 15) is 0 Å². The van der Waals surface area contributed by atoms with Crippen molar-refractivity contribution in [2.75, 3.05) is 12.3 Å². The Hall–Kier alpha value is -1.53. The molecule has 0 radical (unpaired) electrons. The number of nitrogens with two attached hydrogens (primary N) is 1. The van der Waals surface area contributed by atoms with E-state index in [2.05, 4.69) is 21.5 Å². The Kier molecular flexibility index (Phi) is 3.88. The zero-order valence-corrected chi connectivity index (χ0v) is 11.4. The Morgan fingerprint density at radius 3 is 2.83 bits per heavy atom. The van der Waals surface area contributed by atoms with Crippen molar-refractivity contribution in [3.05, 3.63) is 33.7 Å². The summed E-state index contributed by atoms with van der Waals surface area (Å²) < 4.78 is 2.12. The average molecular weight is 265 g/mol. The molecule has 0 aromatic carbocycles. The molecule has 2 heterocycles. The van der Waals surface area contributed by atoms with Crippen LogP contribution in [0.1, 0.15) is 22.1 Å². The molecule has 2 aromatic heterocycles. The van der Waals surface area contributed by atoms with Gasteiger partial charge in [0.15, 0.2) is 12.2 Å². The van der Waals surface area contributed by atoms with Crippen LogP contribution >= 0.6 is 11.3 Å². The first-order valence-corrected chi connectivity index (χ1v) is 6.65. The summed E-state index contributed by atoms with van der Waals surface area (Å²) in [6.45, 7) is 4.75. The van der Waals surface area contributed by atoms with Crippen LogP contribution < -0.4 is 10.3 Å². The number of aryl methyl sites for hydroxylation is 1. The van der Waals surface area contributed by atoms with Crippen molar-refractivity contribution >= 4 is 17.2 Å². The molecule has 5 nitrogen and oxygen atoms in total. The molecule has 18 heavy (non-hydrogen) atoms. The Bertz CT molecular complexity index is 533. The molecule has 3 N–H and O–H groups in total. The van der Waals surface area contributed by atoms with E-state index in [1.807, 2.05) is 12.4 Å². The van der Waals surface area contributed by atoms with Crippen LogP contribution in [0.4, 0.5) is 5.82 Å². The van der Waals surface area contributed by atoms with Gasteiger partial charge in [0, 0.05) is 26.0 Å². The van der Waals surface area contributed by atoms with Crippen molar-refractivity contribution in [2.24, 2.45) is 0 Å². The Morgan fingerprint density at radius 1 is 1.39 bits per heavy atom. The van der Waals surface area contributed by atoms with Crippen LogP contribution in [0.25, 0.3) is 0 Å². The minimum atomic E-state index is 0.181. The van der Waals surface area contributed by atoms with Gasteiger partial charge in [-0.1, -0.05) is 11.3 Å². The second-order valence-corrected chi connectivity index (χ2v) is 5.10. The molecule has 6 heteroatoms. The van der Waals surface area contributed by atoms with Gasteiger partial charge in [-0.15, -0.1) is 0 Å². The van der Waals surface area contributed by atoms with Gasteiger partial charge in [0.05, 0.1) is 4.88 Å². The number of aliphatic hydroxyl groups excluding tert-OH is 1. The highest BCUT2D eigenvalue weighted by Gasteiger charge is 2.16. The zero-order valence-electron chi connectivity index (χ0n) is 10.6. The first-order valence-electron chi connectivity index (χ1n) is 5.77. The quantitative estimate of drug-likeness (QED) is 0.794. The van der Waals surface area contributed by atoms with Crippen molar-refractivity contribution in [3.63, 3.8) is 0 Å². The summed E-state index contributed by atoms with van der Waals surface area (Å²) in [5.74, 6) is 1.19. The topological polar surface area (TPSA) is 75.9 Å². The lowest BCUT2D eigenvalue weighted by atomic mass is 10.3. The standard InChI is InChI=1S/C12H17N4OS/c1-8-11(3-4-17)18-7-16(8)6-10-5-12(13)15-9(2)14-10/h5,7,17H,3-4,6H2,1-2H3,(H2,13,14,15)/q+1. The van der Waals surface area contributed by atoms with Gasteiger partial charge in [0.1, 0.15) is 17.3 Å². The van der Waals surface area contributed by atoms with Crippen LogP contribution in [0.15, 0.2) is 11.6 Å². The maximum absolute atomic E-state index is 8.98. The summed E-state index contributed by atoms with van der Waals surface area (Å²) in [5.41, 5.74) is 9.84. The minimum absolute atomic E-state index is 0.181. The molecule has 0 saturated heterocycles. The van der Waals surface area contributed by atoms with Gasteiger partial charge in [-0.3, -0.25) is 0 Å². The van der Waals surface area contributed by atoms with Crippen molar-refractivity contribution in [3.8, 4) is 0 Å². The molecule has 0 spiro atoms. The normalized spacial score (nSPS) is 10.8. The van der Waals surface area contributed by atoms with Crippen molar-refractivity contribution in [1.82, 2.24) is 9.97 Å². The van der Waals surface area contributed by atoms with E-state index in [0.29, 0.717) is 24.6 Å². The molecule has 0 aliphatic heterocycles. The lowest BCUT2D eigenvalue weighted by Crippen LogP contribution is -2.35. The molecular formula is C12H17N4OS+. The Labute approximate surface area is 110 Å². The van der Waals surface area contributed by atoms with Gasteiger partial charge in [-0.05, 0) is 6.92 Å². The average Bonchev–Trinajstić information content (AvgIpc) is 2.61. The van der Waals surface area contributed by atoms with Crippen LogP contribution in [0.5, 0.6) is 0 Å². The number of nitrogen functional groups attached to an aromatic ring is 1. The van der Waals surface area contributed by atoms with E-state index in [4.69, 9.17) is 10.8 Å². The lowest BCUT2D eigenvalue weighted by Gasteiger charge is -2.00. The van der Waals surface area contributed by atoms with Crippen LogP contribution in [0.3, 0.4) is 0 Å². The summed E-state index contributed by atoms with van der Waals surface area (Å²) in [6.07, 6.45) is 0.703. The van der Waals surface area contributed by atoms with E-state index < -0.39 is 0 Å². The number of aromatic nitrogens is 3. The van der Waals surface area contributed by atoms with Crippen LogP contribution in [0.2, 0.25) is 0 Å². The summed E-state index contributed by atoms with van der Waals surface area (Å²) in [7, 11) is 0. The third-order valence-corrected chi connectivity index (χ3v) is 3.88. The summed E-state index contributed by atoms with van der Waals surface area (Å²) in [4.78, 5) is 9.63. The number of thiazole rings is 1. The molecule has 0 bridgehead atoms. The van der Waals surface area contributed by atoms with Gasteiger partial charge < -0.3 is 10.8 Å². The number of hydrogen-bond acceptors (Lipinski definition) is 5. The fourth-order valence-corrected chi connectivity index (χ4v) is 2.84. The van der Waals surface area contributed by atoms with Gasteiger partial charge in [-0.2, -0.15) is 4.57 Å². The molecule has 0 amide bonds. The van der Waals surface area contributed by atoms with Crippen LogP contribution in [0, 0.1) is 13.8 Å². The van der Waals surface area contributed by atoms with Gasteiger partial charge >= 0.3 is 0 Å². The minimum Gasteiger partial charge on any atom is -0.396 e. The number of anilines is 1. The van der Waals surface area contributed by atoms with Crippen molar-refractivity contribution in [1.29, 1.82) is 0 Å². The van der Waals surface area contributed by atoms with E-state index in [1.54, 1.807) is 17.4 Å². The maximum Gasteiger partial charge on any atom is 0.225 e. The largest absolute Gasteiger partial charge is 0.396 e. The molecule has 0 atom stereocenters. The molecule has 2 aromatic rings. The molecule has 0 saturated carbocycles. The summed E-state index contributed by atoms with van der Waals surface area (Å²) in [6, 6.07) is 1.79. The van der Waals surface area contributed by atoms with E-state index in [-0.39, 0.29) is 6.61 Å². The molecule has 0 aliphatic carbocycles. The molecule has 0 aliphatic rings. The first kappa shape index (κ1) is 12.9. The van der Waals surface area contributed by atoms with E-state index >= 15 is 0 Å². The number of hydrogen-bond donors (Lipinski definition) is 2. The summed E-state index contributed by atoms with van der Waals surface area (Å²) >= 11 is 1.66. The highest BCUT2D eigenvalue weighted by molar-refractivity contribution is 7.09. The van der Waals surface area contributed by atoms with Gasteiger partial charge in [-0.25, -0.2) is 9.97 Å². The molecule has 96 valence electrons. The molecule has 0 fully saturated rings. The van der Waals surface area contributed by atoms with Crippen molar-refractivity contribution in [2.45, 2.75) is 26.8 Å². The monoisotopic (exact) mass is 265 g/mol. The second kappa shape index (κ2) is 5.41. The number of rotatable bonds is 4. The highest BCUT2D eigenvalue weighted by Crippen LogP contribution is 2.12. The SMILES string of the molecule is Cc1nc(N)cc(C[n+]2csc(CCO)c2C)n1. The molecule has 2 rings (SSSR count). The molecule has 0 unspecified atom stereocenters. The smallest absolute Gasteiger partial charge is 0.225 e. The Morgan fingerprint density at radius 2 is 2.17 bits per heavy atom. The predicted octanol–water partition coefficient (Wildman–Crippen LogP) is 0.608. The van der Waals surface area contributed by atoms with E-state index in [0.717, 1.165) is 5.69 Å². The third kappa shape index (κ3) is 2.83. The number of aliphatic hydroxyl groups is 1. The Balaban J connectivity index is 2.23. The molecular weight excluding hydrogens is 248 g/mol. The first-order chi connectivity index (χ1) is 8.60. The highest BCUT2D eigenvalue weighted by atomic mass is 32.1. The van der Waals surface area contributed by atoms with Gasteiger partial charge in [0.25, 0.3) is 0 Å². The predicted molar refractivity (Wildman–Crippen MR) is 70.3 cm³/mol.